The first-order chi connectivity index (χ1) is 7.50. The summed E-state index contributed by atoms with van der Waals surface area (Å²) in [4.78, 5) is 24.8. The van der Waals surface area contributed by atoms with Gasteiger partial charge >= 0.3 is 0 Å². The van der Waals surface area contributed by atoms with Gasteiger partial charge in [-0.05, 0) is 12.3 Å². The van der Waals surface area contributed by atoms with Crippen molar-refractivity contribution < 1.29 is 9.59 Å². The highest BCUT2D eigenvalue weighted by Crippen LogP contribution is 2.07. The molecule has 0 spiro atoms. The quantitative estimate of drug-likeness (QED) is 0.695. The number of hydrogen-bond acceptors (Lipinski definition) is 3. The molecular weight excluding hydrogens is 206 g/mol. The molecule has 5 heteroatoms. The van der Waals surface area contributed by atoms with Crippen LogP contribution in [0, 0.1) is 5.92 Å². The maximum Gasteiger partial charge on any atom is 0.239 e. The molecule has 0 aromatic rings. The van der Waals surface area contributed by atoms with Crippen molar-refractivity contribution >= 4 is 11.8 Å². The van der Waals surface area contributed by atoms with Crippen LogP contribution in [-0.4, -0.2) is 42.4 Å². The average Bonchev–Trinajstić information content (AvgIpc) is 2.41. The number of amides is 2. The Morgan fingerprint density at radius 3 is 2.81 bits per heavy atom. The van der Waals surface area contributed by atoms with Gasteiger partial charge in [-0.1, -0.05) is 13.8 Å². The second-order valence-corrected chi connectivity index (χ2v) is 4.66. The van der Waals surface area contributed by atoms with E-state index >= 15 is 0 Å². The fourth-order valence-electron chi connectivity index (χ4n) is 1.83. The van der Waals surface area contributed by atoms with Crippen LogP contribution in [0.5, 0.6) is 0 Å². The first-order valence-electron chi connectivity index (χ1n) is 5.81. The monoisotopic (exact) mass is 227 g/mol. The maximum atomic E-state index is 12.0. The number of rotatable bonds is 3. The van der Waals surface area contributed by atoms with Crippen LogP contribution in [0.15, 0.2) is 0 Å². The van der Waals surface area contributed by atoms with Gasteiger partial charge in [0, 0.05) is 26.1 Å². The molecule has 0 bridgehead atoms. The topological polar surface area (TPSA) is 75.4 Å². The van der Waals surface area contributed by atoms with Crippen molar-refractivity contribution in [2.75, 3.05) is 19.6 Å². The highest BCUT2D eigenvalue weighted by atomic mass is 16.2. The van der Waals surface area contributed by atoms with Gasteiger partial charge < -0.3 is 16.0 Å². The van der Waals surface area contributed by atoms with Gasteiger partial charge in [-0.2, -0.15) is 0 Å². The summed E-state index contributed by atoms with van der Waals surface area (Å²) in [6, 6.07) is -0.437. The van der Waals surface area contributed by atoms with Crippen molar-refractivity contribution in [1.29, 1.82) is 0 Å². The lowest BCUT2D eigenvalue weighted by molar-refractivity contribution is -0.132. The summed E-state index contributed by atoms with van der Waals surface area (Å²) in [7, 11) is 0. The zero-order valence-electron chi connectivity index (χ0n) is 10.0. The van der Waals surface area contributed by atoms with E-state index in [0.717, 1.165) is 0 Å². The third-order valence-electron chi connectivity index (χ3n) is 2.67. The van der Waals surface area contributed by atoms with Gasteiger partial charge in [-0.25, -0.2) is 0 Å². The van der Waals surface area contributed by atoms with Crippen molar-refractivity contribution in [3.05, 3.63) is 0 Å². The summed E-state index contributed by atoms with van der Waals surface area (Å²) >= 11 is 0. The smallest absolute Gasteiger partial charge is 0.239 e. The molecule has 1 saturated heterocycles. The fourth-order valence-corrected chi connectivity index (χ4v) is 1.83. The van der Waals surface area contributed by atoms with Gasteiger partial charge in [0.25, 0.3) is 0 Å². The Morgan fingerprint density at radius 1 is 1.50 bits per heavy atom. The number of hydrogen-bond donors (Lipinski definition) is 2. The minimum atomic E-state index is -0.437. The predicted molar refractivity (Wildman–Crippen MR) is 61.6 cm³/mol. The number of nitrogens with one attached hydrogen (secondary N) is 1. The average molecular weight is 227 g/mol. The van der Waals surface area contributed by atoms with Gasteiger partial charge in [0.15, 0.2) is 0 Å². The molecule has 0 aromatic carbocycles. The highest BCUT2D eigenvalue weighted by Gasteiger charge is 2.23. The molecule has 1 atom stereocenters. The van der Waals surface area contributed by atoms with E-state index < -0.39 is 6.04 Å². The number of nitrogens with two attached hydrogens (primary N) is 1. The summed E-state index contributed by atoms with van der Waals surface area (Å²) in [6.07, 6.45) is 1.07. The summed E-state index contributed by atoms with van der Waals surface area (Å²) in [5, 5.41) is 2.74. The van der Waals surface area contributed by atoms with Gasteiger partial charge in [0.2, 0.25) is 11.8 Å². The second-order valence-electron chi connectivity index (χ2n) is 4.66. The lowest BCUT2D eigenvalue weighted by Crippen LogP contribution is -2.45. The number of nitrogens with zero attached hydrogens (tertiary/aromatic N) is 1. The maximum absolute atomic E-state index is 12.0. The van der Waals surface area contributed by atoms with E-state index in [-0.39, 0.29) is 11.8 Å². The highest BCUT2D eigenvalue weighted by molar-refractivity contribution is 5.83. The van der Waals surface area contributed by atoms with Crippen molar-refractivity contribution in [2.45, 2.75) is 32.7 Å². The van der Waals surface area contributed by atoms with Crippen LogP contribution in [0.4, 0.5) is 0 Å². The molecule has 5 nitrogen and oxygen atoms in total. The molecule has 1 heterocycles. The third kappa shape index (κ3) is 3.81. The minimum absolute atomic E-state index is 0.00716. The van der Waals surface area contributed by atoms with Crippen molar-refractivity contribution in [2.24, 2.45) is 11.7 Å². The fraction of sp³-hybridized carbons (Fsp3) is 0.818. The zero-order chi connectivity index (χ0) is 12.1. The standard InChI is InChI=1S/C11H21N3O2/c1-8(2)7-9(12)11(16)14-5-3-10(15)13-4-6-14/h8-9H,3-7,12H2,1-2H3,(H,13,15)/t9-/m0/s1. The Hall–Kier alpha value is -1.10. The van der Waals surface area contributed by atoms with Crippen LogP contribution in [0.1, 0.15) is 26.7 Å². The molecule has 92 valence electrons. The molecule has 16 heavy (non-hydrogen) atoms. The molecule has 2 amide bonds. The molecule has 3 N–H and O–H groups in total. The SMILES string of the molecule is CC(C)C[C@H](N)C(=O)N1CCNC(=O)CC1. The number of carbonyl (C=O) groups excluding carboxylic acids is 2. The van der Waals surface area contributed by atoms with Gasteiger partial charge in [0.05, 0.1) is 6.04 Å². The third-order valence-corrected chi connectivity index (χ3v) is 2.67. The van der Waals surface area contributed by atoms with E-state index in [1.54, 1.807) is 4.90 Å². The Kier molecular flexibility index (Phi) is 4.73. The van der Waals surface area contributed by atoms with E-state index in [9.17, 15) is 9.59 Å². The Bertz CT molecular complexity index is 266. The van der Waals surface area contributed by atoms with Crippen LogP contribution in [0.3, 0.4) is 0 Å². The largest absolute Gasteiger partial charge is 0.354 e. The first-order valence-corrected chi connectivity index (χ1v) is 5.81. The predicted octanol–water partition coefficient (Wildman–Crippen LogP) is -0.292. The molecule has 0 radical (unpaired) electrons. The van der Waals surface area contributed by atoms with Gasteiger partial charge in [-0.15, -0.1) is 0 Å². The molecule has 1 aliphatic heterocycles. The van der Waals surface area contributed by atoms with E-state index in [1.165, 1.54) is 0 Å². The Balaban J connectivity index is 2.49. The first kappa shape index (κ1) is 13.0. The minimum Gasteiger partial charge on any atom is -0.354 e. The second kappa shape index (κ2) is 5.84. The van der Waals surface area contributed by atoms with E-state index in [0.29, 0.717) is 38.4 Å². The lowest BCUT2D eigenvalue weighted by atomic mass is 10.0. The molecule has 0 unspecified atom stereocenters. The van der Waals surface area contributed by atoms with Crippen LogP contribution in [0.25, 0.3) is 0 Å². The van der Waals surface area contributed by atoms with E-state index in [4.69, 9.17) is 5.73 Å². The molecule has 1 rings (SSSR count). The molecule has 1 fully saturated rings. The molecular formula is C11H21N3O2. The van der Waals surface area contributed by atoms with Crippen LogP contribution < -0.4 is 11.1 Å². The summed E-state index contributed by atoms with van der Waals surface area (Å²) in [6.45, 7) is 5.66. The van der Waals surface area contributed by atoms with Crippen LogP contribution >= 0.6 is 0 Å². The summed E-state index contributed by atoms with van der Waals surface area (Å²) < 4.78 is 0. The molecule has 0 saturated carbocycles. The van der Waals surface area contributed by atoms with E-state index in [2.05, 4.69) is 5.32 Å². The Morgan fingerprint density at radius 2 is 2.19 bits per heavy atom. The molecule has 1 aliphatic rings. The summed E-state index contributed by atoms with van der Waals surface area (Å²) in [5.41, 5.74) is 5.84. The van der Waals surface area contributed by atoms with Crippen molar-refractivity contribution in [3.8, 4) is 0 Å². The van der Waals surface area contributed by atoms with E-state index in [1.807, 2.05) is 13.8 Å². The molecule has 0 aromatic heterocycles. The molecule has 0 aliphatic carbocycles. The van der Waals surface area contributed by atoms with Gasteiger partial charge in [-0.3, -0.25) is 9.59 Å². The normalized spacial score (nSPS) is 19.2. The zero-order valence-corrected chi connectivity index (χ0v) is 10.0. The lowest BCUT2D eigenvalue weighted by Gasteiger charge is -2.24. The van der Waals surface area contributed by atoms with Crippen molar-refractivity contribution in [3.63, 3.8) is 0 Å². The number of carbonyl (C=O) groups is 2. The summed E-state index contributed by atoms with van der Waals surface area (Å²) in [5.74, 6) is 0.378. The van der Waals surface area contributed by atoms with Crippen LogP contribution in [0.2, 0.25) is 0 Å². The van der Waals surface area contributed by atoms with Crippen LogP contribution in [-0.2, 0) is 9.59 Å². The van der Waals surface area contributed by atoms with Gasteiger partial charge in [0.1, 0.15) is 0 Å². The Labute approximate surface area is 96.4 Å². The van der Waals surface area contributed by atoms with Crippen molar-refractivity contribution in [1.82, 2.24) is 10.2 Å².